The van der Waals surface area contributed by atoms with Gasteiger partial charge in [-0.2, -0.15) is 0 Å². The number of ether oxygens (including phenoxy) is 3. The Bertz CT molecular complexity index is 487. The van der Waals surface area contributed by atoms with Crippen LogP contribution in [0.15, 0.2) is 23.1 Å². The Morgan fingerprint density at radius 3 is 2.26 bits per heavy atom. The molecular formula is C18H33NO3Si. The van der Waals surface area contributed by atoms with Crippen LogP contribution in [0.4, 0.5) is 0 Å². The Kier molecular flexibility index (Phi) is 5.46. The molecule has 1 saturated heterocycles. The molecule has 0 radical (unpaired) electrons. The van der Waals surface area contributed by atoms with Crippen molar-refractivity contribution in [1.82, 2.24) is 4.90 Å². The quantitative estimate of drug-likeness (QED) is 0.664. The number of nitrogens with zero attached hydrogens (tertiary/aromatic N) is 1. The van der Waals surface area contributed by atoms with Crippen LogP contribution in [0.5, 0.6) is 0 Å². The minimum atomic E-state index is -1.49. The van der Waals surface area contributed by atoms with E-state index in [4.69, 9.17) is 14.2 Å². The van der Waals surface area contributed by atoms with Crippen LogP contribution in [0.1, 0.15) is 26.7 Å². The van der Waals surface area contributed by atoms with Crippen LogP contribution in [0.25, 0.3) is 0 Å². The number of allylic oxidation sites excluding steroid dienone is 1. The lowest BCUT2D eigenvalue weighted by Crippen LogP contribution is -2.50. The Morgan fingerprint density at radius 1 is 1.17 bits per heavy atom. The van der Waals surface area contributed by atoms with Crippen LogP contribution in [0.2, 0.25) is 19.6 Å². The van der Waals surface area contributed by atoms with Crippen molar-refractivity contribution < 1.29 is 14.2 Å². The third-order valence-electron chi connectivity index (χ3n) is 4.91. The molecule has 1 atom stereocenters. The first-order chi connectivity index (χ1) is 10.6. The highest BCUT2D eigenvalue weighted by atomic mass is 28.3. The maximum atomic E-state index is 5.85. The minimum Gasteiger partial charge on any atom is -0.494 e. The lowest BCUT2D eigenvalue weighted by Gasteiger charge is -2.43. The highest BCUT2D eigenvalue weighted by Gasteiger charge is 2.46. The van der Waals surface area contributed by atoms with Gasteiger partial charge in [-0.3, -0.25) is 4.90 Å². The van der Waals surface area contributed by atoms with Crippen molar-refractivity contribution in [3.05, 3.63) is 23.1 Å². The maximum absolute atomic E-state index is 5.85. The number of hydrogen-bond donors (Lipinski definition) is 0. The van der Waals surface area contributed by atoms with Gasteiger partial charge >= 0.3 is 0 Å². The van der Waals surface area contributed by atoms with E-state index in [0.717, 1.165) is 18.6 Å². The van der Waals surface area contributed by atoms with Crippen LogP contribution in [0.3, 0.4) is 0 Å². The molecule has 1 aliphatic carbocycles. The molecule has 132 valence electrons. The zero-order valence-electron chi connectivity index (χ0n) is 15.9. The zero-order chi connectivity index (χ0) is 17.3. The molecule has 0 spiro atoms. The summed E-state index contributed by atoms with van der Waals surface area (Å²) < 4.78 is 17.5. The predicted molar refractivity (Wildman–Crippen MR) is 97.1 cm³/mol. The van der Waals surface area contributed by atoms with Crippen LogP contribution in [0, 0.1) is 0 Å². The van der Waals surface area contributed by atoms with Gasteiger partial charge in [-0.25, -0.2) is 0 Å². The molecule has 0 bridgehead atoms. The van der Waals surface area contributed by atoms with Crippen LogP contribution >= 0.6 is 0 Å². The fourth-order valence-electron chi connectivity index (χ4n) is 3.66. The van der Waals surface area contributed by atoms with E-state index in [2.05, 4.69) is 57.7 Å². The molecule has 1 unspecified atom stereocenters. The third kappa shape index (κ3) is 3.90. The summed E-state index contributed by atoms with van der Waals surface area (Å²) in [6.45, 7) is 13.4. The largest absolute Gasteiger partial charge is 0.494 e. The van der Waals surface area contributed by atoms with E-state index in [1.165, 1.54) is 5.20 Å². The van der Waals surface area contributed by atoms with Crippen LogP contribution in [-0.2, 0) is 14.2 Å². The summed E-state index contributed by atoms with van der Waals surface area (Å²) in [5, 5.41) is 1.53. The summed E-state index contributed by atoms with van der Waals surface area (Å²) in [6, 6.07) is 0. The van der Waals surface area contributed by atoms with Crippen molar-refractivity contribution in [1.29, 1.82) is 0 Å². The van der Waals surface area contributed by atoms with Crippen molar-refractivity contribution in [2.75, 3.05) is 33.9 Å². The van der Waals surface area contributed by atoms with Crippen molar-refractivity contribution in [2.24, 2.45) is 0 Å². The average molecular weight is 340 g/mol. The number of hydrogen-bond acceptors (Lipinski definition) is 4. The molecule has 23 heavy (non-hydrogen) atoms. The lowest BCUT2D eigenvalue weighted by molar-refractivity contribution is -0.150. The van der Waals surface area contributed by atoms with Crippen molar-refractivity contribution in [3.63, 3.8) is 0 Å². The van der Waals surface area contributed by atoms with Crippen molar-refractivity contribution in [3.8, 4) is 0 Å². The molecule has 1 aliphatic heterocycles. The molecule has 0 aromatic carbocycles. The highest BCUT2D eigenvalue weighted by Crippen LogP contribution is 2.43. The van der Waals surface area contributed by atoms with E-state index >= 15 is 0 Å². The topological polar surface area (TPSA) is 30.9 Å². The maximum Gasteiger partial charge on any atom is 0.165 e. The van der Waals surface area contributed by atoms with Crippen LogP contribution < -0.4 is 0 Å². The molecule has 0 aromatic rings. The van der Waals surface area contributed by atoms with Gasteiger partial charge in [-0.05, 0) is 46.5 Å². The molecule has 0 saturated carbocycles. The van der Waals surface area contributed by atoms with Crippen molar-refractivity contribution >= 4 is 8.07 Å². The smallest absolute Gasteiger partial charge is 0.165 e. The van der Waals surface area contributed by atoms with Gasteiger partial charge in [0.2, 0.25) is 0 Å². The second-order valence-corrected chi connectivity index (χ2v) is 13.0. The minimum absolute atomic E-state index is 0.0900. The first kappa shape index (κ1) is 18.7. The van der Waals surface area contributed by atoms with Gasteiger partial charge in [0.15, 0.2) is 5.79 Å². The van der Waals surface area contributed by atoms with Gasteiger partial charge < -0.3 is 14.2 Å². The summed E-state index contributed by atoms with van der Waals surface area (Å²) >= 11 is 0. The van der Waals surface area contributed by atoms with E-state index in [-0.39, 0.29) is 5.54 Å². The van der Waals surface area contributed by atoms with Crippen LogP contribution in [-0.4, -0.2) is 58.2 Å². The molecule has 0 aromatic heterocycles. The third-order valence-corrected chi connectivity index (χ3v) is 7.10. The van der Waals surface area contributed by atoms with Crippen molar-refractivity contribution in [2.45, 2.75) is 57.7 Å². The molecule has 4 nitrogen and oxygen atoms in total. The number of rotatable bonds is 7. The van der Waals surface area contributed by atoms with Gasteiger partial charge in [0.1, 0.15) is 5.76 Å². The molecule has 5 heteroatoms. The SMILES string of the molecule is CCOC1=CC(CCC2(C)OCCO2)(N(C)C)C([Si](C)(C)C)=C1. The molecular weight excluding hydrogens is 306 g/mol. The standard InChI is InChI=1S/C18H33NO3Si/c1-8-20-15-13-16(23(5,6)7)18(14-15,19(3)4)10-9-17(2)21-11-12-22-17/h13-14H,8-12H2,1-7H3. The lowest BCUT2D eigenvalue weighted by atomic mass is 9.91. The molecule has 0 amide bonds. The van der Waals surface area contributed by atoms with E-state index in [1.54, 1.807) is 0 Å². The zero-order valence-corrected chi connectivity index (χ0v) is 16.9. The van der Waals surface area contributed by atoms with Gasteiger partial charge in [-0.1, -0.05) is 24.8 Å². The first-order valence-electron chi connectivity index (χ1n) is 8.67. The van der Waals surface area contributed by atoms with E-state index < -0.39 is 13.9 Å². The fourth-order valence-corrected chi connectivity index (χ4v) is 5.95. The van der Waals surface area contributed by atoms with E-state index in [1.807, 2.05) is 6.92 Å². The molecule has 2 rings (SSSR count). The Hall–Kier alpha value is -0.623. The molecule has 0 N–H and O–H groups in total. The fraction of sp³-hybridized carbons (Fsp3) is 0.778. The normalized spacial score (nSPS) is 27.3. The average Bonchev–Trinajstić information content (AvgIpc) is 3.02. The Morgan fingerprint density at radius 2 is 1.78 bits per heavy atom. The van der Waals surface area contributed by atoms with Gasteiger partial charge in [0.05, 0.1) is 33.4 Å². The highest BCUT2D eigenvalue weighted by molar-refractivity contribution is 6.83. The molecule has 1 fully saturated rings. The Labute approximate surface area is 142 Å². The summed E-state index contributed by atoms with van der Waals surface area (Å²) in [4.78, 5) is 2.33. The van der Waals surface area contributed by atoms with Gasteiger partial charge in [-0.15, -0.1) is 0 Å². The number of likely N-dealkylation sites (N-methyl/N-ethyl adjacent to an activating group) is 1. The van der Waals surface area contributed by atoms with Gasteiger partial charge in [0, 0.05) is 6.42 Å². The van der Waals surface area contributed by atoms with Gasteiger partial charge in [0.25, 0.3) is 0 Å². The predicted octanol–water partition coefficient (Wildman–Crippen LogP) is 3.57. The molecule has 1 heterocycles. The van der Waals surface area contributed by atoms with E-state index in [0.29, 0.717) is 19.8 Å². The second kappa shape index (κ2) is 6.71. The molecule has 2 aliphatic rings. The first-order valence-corrected chi connectivity index (χ1v) is 12.2. The van der Waals surface area contributed by atoms with E-state index in [9.17, 15) is 0 Å². The monoisotopic (exact) mass is 339 g/mol. The Balaban J connectivity index is 2.31. The summed E-state index contributed by atoms with van der Waals surface area (Å²) in [6.07, 6.45) is 6.45. The second-order valence-electron chi connectivity index (χ2n) is 7.94. The summed E-state index contributed by atoms with van der Waals surface area (Å²) in [5.74, 6) is 0.563. The summed E-state index contributed by atoms with van der Waals surface area (Å²) in [7, 11) is 2.84. The summed E-state index contributed by atoms with van der Waals surface area (Å²) in [5.41, 5.74) is -0.0900.